The Morgan fingerprint density at radius 2 is 2.24 bits per heavy atom. The van der Waals surface area contributed by atoms with E-state index in [1.165, 1.54) is 23.1 Å². The summed E-state index contributed by atoms with van der Waals surface area (Å²) < 4.78 is 5.79. The van der Waals surface area contributed by atoms with Crippen molar-refractivity contribution in [3.8, 4) is 0 Å². The number of likely N-dealkylation sites (tertiary alicyclic amines) is 2. The van der Waals surface area contributed by atoms with E-state index >= 15 is 0 Å². The van der Waals surface area contributed by atoms with Crippen LogP contribution in [0.1, 0.15) is 19.3 Å². The number of hydrogen-bond acceptors (Lipinski definition) is 8. The largest absolute Gasteiger partial charge is 0.383 e. The highest BCUT2D eigenvalue weighted by Crippen LogP contribution is 2.40. The van der Waals surface area contributed by atoms with Crippen LogP contribution in [0.5, 0.6) is 0 Å². The Labute approximate surface area is 155 Å². The summed E-state index contributed by atoms with van der Waals surface area (Å²) >= 11 is 2.62. The fourth-order valence-electron chi connectivity index (χ4n) is 3.52. The van der Waals surface area contributed by atoms with E-state index in [-0.39, 0.29) is 11.8 Å². The summed E-state index contributed by atoms with van der Waals surface area (Å²) in [7, 11) is 1.64. The lowest BCUT2D eigenvalue weighted by atomic mass is 9.78. The third kappa shape index (κ3) is 4.06. The number of hydrogen-bond donors (Lipinski definition) is 1. The van der Waals surface area contributed by atoms with E-state index in [4.69, 9.17) is 10.5 Å². The van der Waals surface area contributed by atoms with E-state index in [9.17, 15) is 9.59 Å². The SMILES string of the molecule is COCCN1CCC[C@@]2(CCN(C(=O)CSc3nnc(N)s3)C2)C1=O. The van der Waals surface area contributed by atoms with Gasteiger partial charge in [0.1, 0.15) is 0 Å². The number of thioether (sulfide) groups is 1. The molecule has 0 bridgehead atoms. The number of rotatable bonds is 6. The summed E-state index contributed by atoms with van der Waals surface area (Å²) in [5.41, 5.74) is 5.15. The molecule has 3 rings (SSSR count). The Bertz CT molecular complexity index is 640. The molecule has 10 heteroatoms. The van der Waals surface area contributed by atoms with E-state index in [1.807, 2.05) is 9.80 Å². The first kappa shape index (κ1) is 18.4. The smallest absolute Gasteiger partial charge is 0.233 e. The van der Waals surface area contributed by atoms with Crippen LogP contribution in [0.4, 0.5) is 5.13 Å². The number of piperidine rings is 1. The topological polar surface area (TPSA) is 102 Å². The van der Waals surface area contributed by atoms with E-state index in [1.54, 1.807) is 7.11 Å². The summed E-state index contributed by atoms with van der Waals surface area (Å²) in [4.78, 5) is 29.1. The van der Waals surface area contributed by atoms with E-state index in [0.29, 0.717) is 41.5 Å². The van der Waals surface area contributed by atoms with Crippen molar-refractivity contribution in [3.63, 3.8) is 0 Å². The molecular weight excluding hydrogens is 362 g/mol. The first-order valence-corrected chi connectivity index (χ1v) is 10.1. The van der Waals surface area contributed by atoms with Crippen LogP contribution >= 0.6 is 23.1 Å². The van der Waals surface area contributed by atoms with Gasteiger partial charge in [-0.2, -0.15) is 0 Å². The molecule has 1 spiro atoms. The Hall–Kier alpha value is -1.39. The molecule has 0 unspecified atom stereocenters. The van der Waals surface area contributed by atoms with Gasteiger partial charge in [-0.25, -0.2) is 0 Å². The number of anilines is 1. The minimum Gasteiger partial charge on any atom is -0.383 e. The quantitative estimate of drug-likeness (QED) is 0.719. The van der Waals surface area contributed by atoms with Crippen molar-refractivity contribution < 1.29 is 14.3 Å². The maximum atomic E-state index is 12.9. The average molecular weight is 386 g/mol. The Morgan fingerprint density at radius 1 is 1.40 bits per heavy atom. The fraction of sp³-hybridized carbons (Fsp3) is 0.733. The van der Waals surface area contributed by atoms with Crippen molar-refractivity contribution in [2.75, 3.05) is 51.4 Å². The molecule has 1 aromatic rings. The second-order valence-electron chi connectivity index (χ2n) is 6.43. The van der Waals surface area contributed by atoms with E-state index < -0.39 is 5.41 Å². The number of carbonyl (C=O) groups excluding carboxylic acids is 2. The highest BCUT2D eigenvalue weighted by molar-refractivity contribution is 8.01. The maximum absolute atomic E-state index is 12.9. The van der Waals surface area contributed by atoms with Gasteiger partial charge in [-0.05, 0) is 19.3 Å². The van der Waals surface area contributed by atoms with Crippen molar-refractivity contribution in [2.24, 2.45) is 5.41 Å². The van der Waals surface area contributed by atoms with Crippen LogP contribution in [0.25, 0.3) is 0 Å². The molecule has 2 aliphatic heterocycles. The highest BCUT2D eigenvalue weighted by atomic mass is 32.2. The Morgan fingerprint density at radius 3 is 2.96 bits per heavy atom. The van der Waals surface area contributed by atoms with Crippen LogP contribution in [0.15, 0.2) is 4.34 Å². The molecule has 0 saturated carbocycles. The zero-order valence-corrected chi connectivity index (χ0v) is 15.9. The highest BCUT2D eigenvalue weighted by Gasteiger charge is 2.49. The molecule has 1 aromatic heterocycles. The van der Waals surface area contributed by atoms with Gasteiger partial charge in [-0.3, -0.25) is 9.59 Å². The van der Waals surface area contributed by atoms with Gasteiger partial charge < -0.3 is 20.3 Å². The second-order valence-corrected chi connectivity index (χ2v) is 8.66. The zero-order valence-electron chi connectivity index (χ0n) is 14.3. The van der Waals surface area contributed by atoms with Gasteiger partial charge in [0.2, 0.25) is 16.9 Å². The Kier molecular flexibility index (Phi) is 5.80. The minimum atomic E-state index is -0.403. The van der Waals surface area contributed by atoms with Crippen molar-refractivity contribution in [1.29, 1.82) is 0 Å². The van der Waals surface area contributed by atoms with Gasteiger partial charge in [0.05, 0.1) is 17.8 Å². The monoisotopic (exact) mass is 385 g/mol. The predicted octanol–water partition coefficient (Wildman–Crippen LogP) is 0.700. The molecule has 2 saturated heterocycles. The number of ether oxygens (including phenoxy) is 1. The lowest BCUT2D eigenvalue weighted by molar-refractivity contribution is -0.146. The lowest BCUT2D eigenvalue weighted by Gasteiger charge is -2.39. The fourth-order valence-corrected chi connectivity index (χ4v) is 5.06. The summed E-state index contributed by atoms with van der Waals surface area (Å²) in [5, 5.41) is 8.06. The van der Waals surface area contributed by atoms with Crippen LogP contribution in [0.2, 0.25) is 0 Å². The molecule has 8 nitrogen and oxygen atoms in total. The molecular formula is C15H23N5O3S2. The van der Waals surface area contributed by atoms with Crippen LogP contribution in [0, 0.1) is 5.41 Å². The molecule has 0 aromatic carbocycles. The number of nitrogens with two attached hydrogens (primary N) is 1. The molecule has 3 heterocycles. The lowest BCUT2D eigenvalue weighted by Crippen LogP contribution is -2.51. The van der Waals surface area contributed by atoms with Crippen LogP contribution < -0.4 is 5.73 Å². The molecule has 138 valence electrons. The summed E-state index contributed by atoms with van der Waals surface area (Å²) in [5.74, 6) is 0.514. The summed E-state index contributed by atoms with van der Waals surface area (Å²) in [6.45, 7) is 3.12. The predicted molar refractivity (Wildman–Crippen MR) is 96.4 cm³/mol. The molecule has 0 radical (unpaired) electrons. The zero-order chi connectivity index (χ0) is 17.9. The van der Waals surface area contributed by atoms with Gasteiger partial charge >= 0.3 is 0 Å². The average Bonchev–Trinajstić information content (AvgIpc) is 3.21. The van der Waals surface area contributed by atoms with Crippen LogP contribution in [-0.2, 0) is 14.3 Å². The van der Waals surface area contributed by atoms with E-state index in [2.05, 4.69) is 10.2 Å². The molecule has 2 N–H and O–H groups in total. The number of amides is 2. The van der Waals surface area contributed by atoms with Gasteiger partial charge in [0, 0.05) is 33.3 Å². The van der Waals surface area contributed by atoms with Crippen LogP contribution in [0.3, 0.4) is 0 Å². The molecule has 2 aliphatic rings. The maximum Gasteiger partial charge on any atom is 0.233 e. The van der Waals surface area contributed by atoms with Gasteiger partial charge in [-0.1, -0.05) is 23.1 Å². The molecule has 2 fully saturated rings. The molecule has 0 aliphatic carbocycles. The van der Waals surface area contributed by atoms with E-state index in [0.717, 1.165) is 25.8 Å². The van der Waals surface area contributed by atoms with Crippen molar-refractivity contribution >= 4 is 40.0 Å². The molecule has 2 amide bonds. The number of methoxy groups -OCH3 is 1. The number of nitrogens with zero attached hydrogens (tertiary/aromatic N) is 4. The normalized spacial score (nSPS) is 23.6. The number of aromatic nitrogens is 2. The number of carbonyl (C=O) groups is 2. The minimum absolute atomic E-state index is 0.0393. The Balaban J connectivity index is 1.56. The second kappa shape index (κ2) is 7.88. The van der Waals surface area contributed by atoms with Crippen molar-refractivity contribution in [1.82, 2.24) is 20.0 Å². The summed E-state index contributed by atoms with van der Waals surface area (Å²) in [6.07, 6.45) is 2.59. The van der Waals surface area contributed by atoms with Gasteiger partial charge in [-0.15, -0.1) is 10.2 Å². The standard InChI is InChI=1S/C15H23N5O3S2/c1-23-8-7-19-5-2-3-15(12(19)22)4-6-20(10-15)11(21)9-24-14-18-17-13(16)25-14/h2-10H2,1H3,(H2,16,17)/t15-/m0/s1. The summed E-state index contributed by atoms with van der Waals surface area (Å²) in [6, 6.07) is 0. The third-order valence-electron chi connectivity index (χ3n) is 4.84. The molecule has 25 heavy (non-hydrogen) atoms. The van der Waals surface area contributed by atoms with Crippen molar-refractivity contribution in [3.05, 3.63) is 0 Å². The number of nitrogen functional groups attached to an aromatic ring is 1. The third-order valence-corrected chi connectivity index (χ3v) is 6.71. The first-order chi connectivity index (χ1) is 12.0. The molecule has 1 atom stereocenters. The van der Waals surface area contributed by atoms with Crippen LogP contribution in [-0.4, -0.2) is 77.5 Å². The first-order valence-electron chi connectivity index (χ1n) is 8.32. The van der Waals surface area contributed by atoms with Gasteiger partial charge in [0.15, 0.2) is 4.34 Å². The van der Waals surface area contributed by atoms with Gasteiger partial charge in [0.25, 0.3) is 0 Å². The van der Waals surface area contributed by atoms with Crippen molar-refractivity contribution in [2.45, 2.75) is 23.6 Å².